The van der Waals surface area contributed by atoms with E-state index < -0.39 is 28.5 Å². The molecule has 0 N–H and O–H groups in total. The van der Waals surface area contributed by atoms with E-state index in [2.05, 4.69) is 0 Å². The Bertz CT molecular complexity index is 1650. The van der Waals surface area contributed by atoms with Crippen LogP contribution < -0.4 is 11.2 Å². The summed E-state index contributed by atoms with van der Waals surface area (Å²) in [5.74, 6) is 0. The number of hydrogen-bond acceptors (Lipinski definition) is 4. The van der Waals surface area contributed by atoms with E-state index in [1.54, 1.807) is 41.1 Å². The molecule has 0 bridgehead atoms. The Hall–Kier alpha value is -4.52. The standard InChI is InChI=1S/C26H18F3N4O3/c1-16-22(21-9-12-31(21)19-7-5-17(14-30)6-8-19)23(35)33(25(15-34)10-11-25)24(36)32(16)20-4-2-3-18(13-20)26(27,28)29/h2-9,12-13,15H,10-11H2,1H3/q+1. The third-order valence-corrected chi connectivity index (χ3v) is 6.53. The van der Waals surface area contributed by atoms with Crippen molar-refractivity contribution in [3.63, 3.8) is 0 Å². The Labute approximate surface area is 202 Å². The van der Waals surface area contributed by atoms with Crippen LogP contribution in [0.15, 0.2) is 70.4 Å². The van der Waals surface area contributed by atoms with Crippen molar-refractivity contribution < 1.29 is 22.5 Å². The first-order chi connectivity index (χ1) is 17.1. The quantitative estimate of drug-likeness (QED) is 0.404. The normalized spacial score (nSPS) is 15.9. The van der Waals surface area contributed by atoms with Crippen molar-refractivity contribution in [2.75, 3.05) is 0 Å². The molecule has 0 spiro atoms. The summed E-state index contributed by atoms with van der Waals surface area (Å²) in [4.78, 5) is 39.1. The lowest BCUT2D eigenvalue weighted by Gasteiger charge is -2.21. The van der Waals surface area contributed by atoms with Crippen LogP contribution in [0.4, 0.5) is 18.9 Å². The number of carbonyl (C=O) groups excluding carboxylic acids is 1. The molecule has 2 heterocycles. The maximum atomic E-state index is 13.7. The van der Waals surface area contributed by atoms with E-state index in [1.807, 2.05) is 6.07 Å². The summed E-state index contributed by atoms with van der Waals surface area (Å²) in [7, 11) is 0. The third-order valence-electron chi connectivity index (χ3n) is 6.53. The van der Waals surface area contributed by atoms with Gasteiger partial charge in [0, 0.05) is 17.8 Å². The number of nitrogens with zero attached hydrogens (tertiary/aromatic N) is 4. The van der Waals surface area contributed by atoms with Gasteiger partial charge in [-0.25, -0.2) is 9.36 Å². The lowest BCUT2D eigenvalue weighted by atomic mass is 10.0. The second-order valence-electron chi connectivity index (χ2n) is 8.72. The topological polar surface area (TPSA) is 87.9 Å². The summed E-state index contributed by atoms with van der Waals surface area (Å²) in [6.45, 7) is 1.49. The SMILES string of the molecule is Cc1c(C2=[N+](c3ccc(C#N)cc3)C=C2)c(=O)n(C2(C=O)CC2)c(=O)n1-c1cccc(C(F)(F)F)c1. The molecular formula is C26H18F3N4O3+. The molecule has 1 aliphatic carbocycles. The average Bonchev–Trinajstić information content (AvgIpc) is 3.62. The van der Waals surface area contributed by atoms with Crippen molar-refractivity contribution in [1.29, 1.82) is 5.26 Å². The molecule has 0 unspecified atom stereocenters. The van der Waals surface area contributed by atoms with Gasteiger partial charge in [-0.05, 0) is 50.1 Å². The number of alkyl halides is 3. The minimum atomic E-state index is -4.64. The first-order valence-electron chi connectivity index (χ1n) is 11.0. The van der Waals surface area contributed by atoms with Gasteiger partial charge in [-0.3, -0.25) is 9.36 Å². The van der Waals surface area contributed by atoms with Gasteiger partial charge in [-0.15, -0.1) is 0 Å². The van der Waals surface area contributed by atoms with Gasteiger partial charge in [-0.2, -0.15) is 23.0 Å². The highest BCUT2D eigenvalue weighted by molar-refractivity contribution is 6.08. The van der Waals surface area contributed by atoms with E-state index in [4.69, 9.17) is 5.26 Å². The number of aromatic nitrogens is 2. The van der Waals surface area contributed by atoms with Crippen LogP contribution in [-0.4, -0.2) is 25.7 Å². The molecule has 2 aromatic carbocycles. The van der Waals surface area contributed by atoms with Crippen molar-refractivity contribution in [3.8, 4) is 11.8 Å². The lowest BCUT2D eigenvalue weighted by molar-refractivity contribution is -0.370. The van der Waals surface area contributed by atoms with Crippen LogP contribution in [0.25, 0.3) is 5.69 Å². The number of nitriles is 1. The second-order valence-corrected chi connectivity index (χ2v) is 8.72. The highest BCUT2D eigenvalue weighted by Crippen LogP contribution is 2.39. The van der Waals surface area contributed by atoms with Gasteiger partial charge in [0.25, 0.3) is 5.56 Å². The summed E-state index contributed by atoms with van der Waals surface area (Å²) >= 11 is 0. The molecular weight excluding hydrogens is 473 g/mol. The van der Waals surface area contributed by atoms with E-state index >= 15 is 0 Å². The van der Waals surface area contributed by atoms with Gasteiger partial charge in [0.05, 0.1) is 29.0 Å². The largest absolute Gasteiger partial charge is 0.416 e. The first-order valence-corrected chi connectivity index (χ1v) is 11.0. The van der Waals surface area contributed by atoms with Crippen LogP contribution >= 0.6 is 0 Å². The van der Waals surface area contributed by atoms with Gasteiger partial charge in [0.15, 0.2) is 6.20 Å². The molecule has 0 amide bonds. The highest BCUT2D eigenvalue weighted by atomic mass is 19.4. The van der Waals surface area contributed by atoms with Crippen LogP contribution in [0.1, 0.15) is 35.2 Å². The Morgan fingerprint density at radius 2 is 1.81 bits per heavy atom. The fourth-order valence-electron chi connectivity index (χ4n) is 4.39. The monoisotopic (exact) mass is 491 g/mol. The number of benzene rings is 2. The molecule has 3 aromatic rings. The van der Waals surface area contributed by atoms with E-state index in [0.29, 0.717) is 23.2 Å². The molecule has 1 aliphatic heterocycles. The van der Waals surface area contributed by atoms with Crippen molar-refractivity contribution in [3.05, 3.63) is 104 Å². The van der Waals surface area contributed by atoms with Gasteiger partial charge in [-0.1, -0.05) is 6.07 Å². The zero-order valence-corrected chi connectivity index (χ0v) is 18.9. The Morgan fingerprint density at radius 3 is 2.33 bits per heavy atom. The predicted octanol–water partition coefficient (Wildman–Crippen LogP) is 3.55. The summed E-state index contributed by atoms with van der Waals surface area (Å²) in [6.07, 6.45) is -0.198. The number of aldehydes is 1. The molecule has 5 rings (SSSR count). The van der Waals surface area contributed by atoms with E-state index in [9.17, 15) is 27.6 Å². The number of hydrogen-bond donors (Lipinski definition) is 0. The molecule has 0 radical (unpaired) electrons. The molecule has 1 aromatic heterocycles. The molecule has 1 saturated carbocycles. The molecule has 10 heteroatoms. The summed E-state index contributed by atoms with van der Waals surface area (Å²) in [5.41, 5.74) is -2.18. The smallest absolute Gasteiger partial charge is 0.301 e. The van der Waals surface area contributed by atoms with Crippen molar-refractivity contribution in [1.82, 2.24) is 9.13 Å². The molecule has 7 nitrogen and oxygen atoms in total. The van der Waals surface area contributed by atoms with Crippen LogP contribution in [0.3, 0.4) is 0 Å². The van der Waals surface area contributed by atoms with E-state index in [-0.39, 0.29) is 29.8 Å². The zero-order valence-electron chi connectivity index (χ0n) is 18.9. The summed E-state index contributed by atoms with van der Waals surface area (Å²) in [6, 6.07) is 12.9. The van der Waals surface area contributed by atoms with Gasteiger partial charge >= 0.3 is 11.9 Å². The van der Waals surface area contributed by atoms with Crippen molar-refractivity contribution >= 4 is 17.7 Å². The van der Waals surface area contributed by atoms with Gasteiger partial charge in [0.1, 0.15) is 17.4 Å². The highest BCUT2D eigenvalue weighted by Gasteiger charge is 2.48. The van der Waals surface area contributed by atoms with Gasteiger partial charge < -0.3 is 4.79 Å². The lowest BCUT2D eigenvalue weighted by Crippen LogP contribution is -2.49. The predicted molar refractivity (Wildman–Crippen MR) is 124 cm³/mol. The fourth-order valence-corrected chi connectivity index (χ4v) is 4.39. The number of allylic oxidation sites excluding steroid dienone is 1. The average molecular weight is 491 g/mol. The minimum absolute atomic E-state index is 0.0714. The molecule has 2 aliphatic rings. The van der Waals surface area contributed by atoms with Crippen LogP contribution in [0.2, 0.25) is 0 Å². The molecule has 0 atom stereocenters. The van der Waals surface area contributed by atoms with E-state index in [0.717, 1.165) is 21.3 Å². The number of halogens is 3. The van der Waals surface area contributed by atoms with Crippen LogP contribution in [0.5, 0.6) is 0 Å². The Kier molecular flexibility index (Phi) is 5.17. The zero-order chi connectivity index (χ0) is 25.8. The van der Waals surface area contributed by atoms with Crippen LogP contribution in [-0.2, 0) is 16.5 Å². The number of carbonyl (C=O) groups is 1. The van der Waals surface area contributed by atoms with Crippen LogP contribution in [0, 0.1) is 18.3 Å². The molecule has 36 heavy (non-hydrogen) atoms. The minimum Gasteiger partial charge on any atom is -0.301 e. The molecule has 180 valence electrons. The Balaban J connectivity index is 1.80. The summed E-state index contributed by atoms with van der Waals surface area (Å²) < 4.78 is 43.8. The van der Waals surface area contributed by atoms with E-state index in [1.165, 1.54) is 19.1 Å². The summed E-state index contributed by atoms with van der Waals surface area (Å²) in [5, 5.41) is 9.05. The second kappa shape index (κ2) is 8.02. The maximum absolute atomic E-state index is 13.7. The third kappa shape index (κ3) is 3.51. The van der Waals surface area contributed by atoms with Gasteiger partial charge in [0.2, 0.25) is 11.4 Å². The fraction of sp³-hybridized carbons (Fsp3) is 0.192. The maximum Gasteiger partial charge on any atom is 0.416 e. The van der Waals surface area contributed by atoms with Crippen molar-refractivity contribution in [2.24, 2.45) is 0 Å². The molecule has 0 saturated heterocycles. The molecule has 1 fully saturated rings. The Morgan fingerprint density at radius 1 is 1.11 bits per heavy atom. The first kappa shape index (κ1) is 23.2. The van der Waals surface area contributed by atoms with Crippen molar-refractivity contribution in [2.45, 2.75) is 31.5 Å². The number of rotatable bonds is 5.